The summed E-state index contributed by atoms with van der Waals surface area (Å²) >= 11 is 0. The van der Waals surface area contributed by atoms with Crippen LogP contribution < -0.4 is 0 Å². The van der Waals surface area contributed by atoms with E-state index < -0.39 is 5.60 Å². The summed E-state index contributed by atoms with van der Waals surface area (Å²) in [4.78, 5) is 2.28. The van der Waals surface area contributed by atoms with Crippen LogP contribution in [0.3, 0.4) is 0 Å². The normalized spacial score (nSPS) is 11.1. The number of halogens is 1. The molecule has 2 aromatic rings. The van der Waals surface area contributed by atoms with Crippen LogP contribution in [0.4, 0.5) is 4.39 Å². The van der Waals surface area contributed by atoms with Crippen LogP contribution in [-0.2, 0) is 67.1 Å². The first-order chi connectivity index (χ1) is 17.2. The van der Waals surface area contributed by atoms with E-state index in [-0.39, 0.29) is 39.4 Å². The molecule has 11 heteroatoms. The second-order valence-corrected chi connectivity index (χ2v) is 5.87. The third-order valence-electron chi connectivity index (χ3n) is 4.22. The molecule has 8 nitrogen and oxygen atoms in total. The minimum absolute atomic E-state index is 0. The fourth-order valence-corrected chi connectivity index (χ4v) is 2.90. The molecule has 0 aliphatic carbocycles. The third kappa shape index (κ3) is 19.1. The smallest absolute Gasteiger partial charge is 0 e. The number of likely N-dealkylation sites (tertiary alicyclic amines) is 1. The third-order valence-corrected chi connectivity index (χ3v) is 4.22. The fourth-order valence-electron chi connectivity index (χ4n) is 2.90. The zero-order valence-corrected chi connectivity index (χ0v) is 21.2. The zero-order chi connectivity index (χ0) is 28.1. The summed E-state index contributed by atoms with van der Waals surface area (Å²) in [6.07, 6.45) is 2.42. The molecule has 0 spiro atoms. The van der Waals surface area contributed by atoms with Gasteiger partial charge in [0, 0.05) is 44.7 Å². The molecule has 1 saturated heterocycles. The molecule has 1 atom stereocenters. The van der Waals surface area contributed by atoms with Crippen molar-refractivity contribution in [2.75, 3.05) is 19.6 Å². The average molecular weight is 595 g/mol. The number of rotatable bonds is 3. The maximum atomic E-state index is 13.2. The SMILES string of the molecule is OC(C#CCN1CCCC1)(c1ccccc1)c1ccc(F)cc1.[C-]#[O+].[C-]#[O+].[C-]#[O+].[C-]#[O+].[C-]#[O+].[C-]#[O+].[Co].[Co]. The van der Waals surface area contributed by atoms with E-state index in [0.29, 0.717) is 17.7 Å². The van der Waals surface area contributed by atoms with Crippen LogP contribution in [0.2, 0.25) is 0 Å². The first kappa shape index (κ1) is 47.5. The van der Waals surface area contributed by atoms with Crippen molar-refractivity contribution < 1.29 is 71.0 Å². The molecule has 37 heavy (non-hydrogen) atoms. The number of nitrogens with zero attached hydrogens (tertiary/aromatic N) is 1. The summed E-state index contributed by atoms with van der Waals surface area (Å²) < 4.78 is 58.2. The number of aliphatic hydroxyl groups is 1. The van der Waals surface area contributed by atoms with E-state index in [1.807, 2.05) is 30.3 Å². The maximum absolute atomic E-state index is 13.2. The Kier molecular flexibility index (Phi) is 45.5. The monoisotopic (exact) mass is 595 g/mol. The molecule has 0 bridgehead atoms. The van der Waals surface area contributed by atoms with Gasteiger partial charge in [-0.25, -0.2) is 4.39 Å². The van der Waals surface area contributed by atoms with Gasteiger partial charge < -0.3 is 5.11 Å². The average Bonchev–Trinajstić information content (AvgIpc) is 3.50. The van der Waals surface area contributed by atoms with Crippen molar-refractivity contribution in [2.24, 2.45) is 0 Å². The van der Waals surface area contributed by atoms with Gasteiger partial charge >= 0.3 is 67.8 Å². The van der Waals surface area contributed by atoms with Gasteiger partial charge in [0.05, 0.1) is 6.54 Å². The van der Waals surface area contributed by atoms with E-state index in [1.54, 1.807) is 12.1 Å². The molecule has 2 aromatic carbocycles. The van der Waals surface area contributed by atoms with Gasteiger partial charge in [0.1, 0.15) is 5.82 Å². The van der Waals surface area contributed by atoms with Crippen molar-refractivity contribution in [3.63, 3.8) is 0 Å². The number of benzene rings is 2. The molecular formula is C26H20Co2FNO7. The molecule has 1 fully saturated rings. The molecule has 1 heterocycles. The van der Waals surface area contributed by atoms with Crippen molar-refractivity contribution in [3.8, 4) is 11.8 Å². The predicted molar refractivity (Wildman–Crippen MR) is 113 cm³/mol. The summed E-state index contributed by atoms with van der Waals surface area (Å²) in [6, 6.07) is 15.2. The Morgan fingerprint density at radius 1 is 0.703 bits per heavy atom. The molecule has 1 aliphatic rings. The van der Waals surface area contributed by atoms with Crippen LogP contribution in [0.1, 0.15) is 24.0 Å². The van der Waals surface area contributed by atoms with Crippen molar-refractivity contribution in [3.05, 3.63) is 111 Å². The van der Waals surface area contributed by atoms with Crippen molar-refractivity contribution in [2.45, 2.75) is 18.4 Å². The van der Waals surface area contributed by atoms with Crippen LogP contribution in [0.25, 0.3) is 0 Å². The van der Waals surface area contributed by atoms with Gasteiger partial charge in [0.25, 0.3) is 0 Å². The number of hydrogen-bond acceptors (Lipinski definition) is 2. The van der Waals surface area contributed by atoms with Gasteiger partial charge in [-0.2, -0.15) is 0 Å². The Balaban J connectivity index is -0.000000152. The topological polar surface area (TPSA) is 143 Å². The van der Waals surface area contributed by atoms with Gasteiger partial charge in [-0.15, -0.1) is 0 Å². The summed E-state index contributed by atoms with van der Waals surface area (Å²) in [5, 5.41) is 11.2. The fraction of sp³-hybridized carbons (Fsp3) is 0.231. The molecule has 1 aliphatic heterocycles. The van der Waals surface area contributed by atoms with E-state index in [0.717, 1.165) is 13.1 Å². The molecular weight excluding hydrogens is 575 g/mol. The molecule has 196 valence electrons. The van der Waals surface area contributed by atoms with E-state index in [4.69, 9.17) is 27.9 Å². The van der Waals surface area contributed by atoms with E-state index in [1.165, 1.54) is 25.0 Å². The van der Waals surface area contributed by atoms with Crippen LogP contribution >= 0.6 is 0 Å². The number of hydrogen-bond donors (Lipinski definition) is 1. The summed E-state index contributed by atoms with van der Waals surface area (Å²) in [5.74, 6) is 5.80. The van der Waals surface area contributed by atoms with Crippen molar-refractivity contribution >= 4 is 0 Å². The van der Waals surface area contributed by atoms with Gasteiger partial charge in [-0.3, -0.25) is 4.90 Å². The summed E-state index contributed by atoms with van der Waals surface area (Å²) in [7, 11) is 0. The Morgan fingerprint density at radius 3 is 1.49 bits per heavy atom. The van der Waals surface area contributed by atoms with Gasteiger partial charge in [-0.05, 0) is 38.1 Å². The first-order valence-electron chi connectivity index (χ1n) is 9.17. The van der Waals surface area contributed by atoms with Gasteiger partial charge in [-0.1, -0.05) is 54.3 Å². The summed E-state index contributed by atoms with van der Waals surface area (Å²) in [5.41, 5.74) is -0.145. The second kappa shape index (κ2) is 35.5. The molecule has 0 amide bonds. The van der Waals surface area contributed by atoms with Crippen LogP contribution in [-0.4, -0.2) is 29.6 Å². The maximum Gasteiger partial charge on any atom is 0 e. The molecule has 2 radical (unpaired) electrons. The molecule has 1 N–H and O–H groups in total. The van der Waals surface area contributed by atoms with Gasteiger partial charge in [0.2, 0.25) is 0 Å². The van der Waals surface area contributed by atoms with E-state index >= 15 is 0 Å². The first-order valence-corrected chi connectivity index (χ1v) is 9.17. The molecule has 0 aromatic heterocycles. The largest absolute Gasteiger partial charge is 0 e. The quantitative estimate of drug-likeness (QED) is 0.331. The minimum atomic E-state index is -1.42. The Labute approximate surface area is 236 Å². The van der Waals surface area contributed by atoms with Crippen molar-refractivity contribution in [1.29, 1.82) is 0 Å². The zero-order valence-electron chi connectivity index (χ0n) is 19.1. The van der Waals surface area contributed by atoms with Crippen LogP contribution in [0, 0.1) is 57.6 Å². The second-order valence-electron chi connectivity index (χ2n) is 5.87. The predicted octanol–water partition coefficient (Wildman–Crippen LogP) is 2.93. The van der Waals surface area contributed by atoms with Crippen LogP contribution in [0.15, 0.2) is 54.6 Å². The Bertz CT molecular complexity index is 926. The van der Waals surface area contributed by atoms with Crippen LogP contribution in [0.5, 0.6) is 0 Å². The van der Waals surface area contributed by atoms with E-state index in [2.05, 4.69) is 56.6 Å². The molecule has 0 saturated carbocycles. The Morgan fingerprint density at radius 2 is 1.08 bits per heavy atom. The molecule has 3 rings (SSSR count). The van der Waals surface area contributed by atoms with Gasteiger partial charge in [0.15, 0.2) is 5.60 Å². The van der Waals surface area contributed by atoms with Crippen molar-refractivity contribution in [1.82, 2.24) is 4.90 Å². The Hall–Kier alpha value is -2.70. The molecule has 1 unspecified atom stereocenters. The minimum Gasteiger partial charge on any atom is 0 e. The standard InChI is InChI=1S/C20H20FNO.6CO.2Co/c21-19-11-9-18(10-12-19)20(23,17-7-2-1-3-8-17)13-6-16-22-14-4-5-15-22;6*1-2;;/h1-3,7-12,23H,4-5,14-16H2;;;;;;;;. The summed E-state index contributed by atoms with van der Waals surface area (Å²) in [6.45, 7) is 29.8. The van der Waals surface area contributed by atoms with E-state index in [9.17, 15) is 9.50 Å².